The second-order valence-corrected chi connectivity index (χ2v) is 4.07. The lowest BCUT2D eigenvalue weighted by Crippen LogP contribution is -2.37. The van der Waals surface area contributed by atoms with Gasteiger partial charge in [-0.25, -0.2) is 0 Å². The van der Waals surface area contributed by atoms with E-state index < -0.39 is 10.8 Å². The summed E-state index contributed by atoms with van der Waals surface area (Å²) in [6.45, 7) is 2.16. The SMILES string of the molecule is CCCNC(=O)CNC(=O)c1cc(N)ccc1[N+](=O)[O-]. The van der Waals surface area contributed by atoms with Gasteiger partial charge in [-0.3, -0.25) is 19.7 Å². The molecule has 8 nitrogen and oxygen atoms in total. The van der Waals surface area contributed by atoms with Crippen LogP contribution >= 0.6 is 0 Å². The molecule has 4 N–H and O–H groups in total. The van der Waals surface area contributed by atoms with Crippen LogP contribution in [0.15, 0.2) is 18.2 Å². The Balaban J connectivity index is 2.74. The molecule has 1 rings (SSSR count). The lowest BCUT2D eigenvalue weighted by atomic mass is 10.1. The van der Waals surface area contributed by atoms with Crippen LogP contribution in [0.2, 0.25) is 0 Å². The third kappa shape index (κ3) is 4.23. The molecule has 0 spiro atoms. The van der Waals surface area contributed by atoms with E-state index in [0.29, 0.717) is 6.54 Å². The zero-order chi connectivity index (χ0) is 15.1. The Morgan fingerprint density at radius 1 is 1.35 bits per heavy atom. The Morgan fingerprint density at radius 3 is 2.65 bits per heavy atom. The highest BCUT2D eigenvalue weighted by molar-refractivity contribution is 6.00. The van der Waals surface area contributed by atoms with Crippen LogP contribution in [0.1, 0.15) is 23.7 Å². The Kier molecular flexibility index (Phi) is 5.45. The molecule has 108 valence electrons. The van der Waals surface area contributed by atoms with E-state index in [-0.39, 0.29) is 29.4 Å². The van der Waals surface area contributed by atoms with Crippen LogP contribution in [-0.4, -0.2) is 29.8 Å². The van der Waals surface area contributed by atoms with E-state index in [2.05, 4.69) is 10.6 Å². The van der Waals surface area contributed by atoms with Gasteiger partial charge in [0.25, 0.3) is 11.6 Å². The van der Waals surface area contributed by atoms with Gasteiger partial charge in [0.2, 0.25) is 5.91 Å². The second kappa shape index (κ2) is 7.07. The maximum atomic E-state index is 11.8. The minimum absolute atomic E-state index is 0.168. The molecule has 20 heavy (non-hydrogen) atoms. The smallest absolute Gasteiger partial charge is 0.282 e. The molecule has 0 aliphatic rings. The van der Waals surface area contributed by atoms with Crippen molar-refractivity contribution in [2.75, 3.05) is 18.8 Å². The van der Waals surface area contributed by atoms with Gasteiger partial charge < -0.3 is 16.4 Å². The fourth-order valence-electron chi connectivity index (χ4n) is 1.48. The minimum atomic E-state index is -0.712. The van der Waals surface area contributed by atoms with Crippen molar-refractivity contribution in [3.63, 3.8) is 0 Å². The molecule has 0 saturated heterocycles. The summed E-state index contributed by atoms with van der Waals surface area (Å²) >= 11 is 0. The Labute approximate surface area is 115 Å². The fourth-order valence-corrected chi connectivity index (χ4v) is 1.48. The molecule has 0 saturated carbocycles. The molecule has 1 aromatic rings. The normalized spacial score (nSPS) is 9.85. The van der Waals surface area contributed by atoms with Crippen molar-refractivity contribution in [1.82, 2.24) is 10.6 Å². The maximum Gasteiger partial charge on any atom is 0.282 e. The van der Waals surface area contributed by atoms with Gasteiger partial charge in [-0.15, -0.1) is 0 Å². The van der Waals surface area contributed by atoms with Crippen molar-refractivity contribution in [3.05, 3.63) is 33.9 Å². The molecule has 2 amide bonds. The number of amides is 2. The molecule has 0 radical (unpaired) electrons. The molecule has 0 heterocycles. The van der Waals surface area contributed by atoms with Gasteiger partial charge in [-0.1, -0.05) is 6.92 Å². The number of hydrogen-bond acceptors (Lipinski definition) is 5. The van der Waals surface area contributed by atoms with Gasteiger partial charge in [0.05, 0.1) is 11.5 Å². The van der Waals surface area contributed by atoms with Crippen molar-refractivity contribution in [3.8, 4) is 0 Å². The number of nitrogens with zero attached hydrogens (tertiary/aromatic N) is 1. The van der Waals surface area contributed by atoms with Crippen LogP contribution in [0, 0.1) is 10.1 Å². The number of carbonyl (C=O) groups excluding carboxylic acids is 2. The van der Waals surface area contributed by atoms with Gasteiger partial charge in [0, 0.05) is 18.3 Å². The average molecular weight is 280 g/mol. The molecule has 0 unspecified atom stereocenters. The summed E-state index contributed by atoms with van der Waals surface area (Å²) in [7, 11) is 0. The number of carbonyl (C=O) groups is 2. The van der Waals surface area contributed by atoms with Gasteiger partial charge in [-0.05, 0) is 18.6 Å². The summed E-state index contributed by atoms with van der Waals surface area (Å²) in [5.41, 5.74) is 5.21. The van der Waals surface area contributed by atoms with Crippen LogP contribution in [-0.2, 0) is 4.79 Å². The second-order valence-electron chi connectivity index (χ2n) is 4.07. The number of rotatable bonds is 6. The van der Waals surface area contributed by atoms with E-state index in [9.17, 15) is 19.7 Å². The molecular weight excluding hydrogens is 264 g/mol. The van der Waals surface area contributed by atoms with E-state index in [4.69, 9.17) is 5.73 Å². The van der Waals surface area contributed by atoms with Crippen LogP contribution in [0.5, 0.6) is 0 Å². The highest BCUT2D eigenvalue weighted by atomic mass is 16.6. The Bertz CT molecular complexity index is 530. The fraction of sp³-hybridized carbons (Fsp3) is 0.333. The largest absolute Gasteiger partial charge is 0.399 e. The van der Waals surface area contributed by atoms with Crippen molar-refractivity contribution < 1.29 is 14.5 Å². The number of benzene rings is 1. The van der Waals surface area contributed by atoms with E-state index in [1.54, 1.807) is 0 Å². The highest BCUT2D eigenvalue weighted by Gasteiger charge is 2.20. The monoisotopic (exact) mass is 280 g/mol. The Hall–Kier alpha value is -2.64. The highest BCUT2D eigenvalue weighted by Crippen LogP contribution is 2.20. The van der Waals surface area contributed by atoms with Gasteiger partial charge in [0.1, 0.15) is 5.56 Å². The van der Waals surface area contributed by atoms with Crippen LogP contribution < -0.4 is 16.4 Å². The predicted molar refractivity (Wildman–Crippen MR) is 73.1 cm³/mol. The van der Waals surface area contributed by atoms with E-state index in [1.807, 2.05) is 6.92 Å². The lowest BCUT2D eigenvalue weighted by Gasteiger charge is -2.07. The van der Waals surface area contributed by atoms with E-state index >= 15 is 0 Å². The van der Waals surface area contributed by atoms with Crippen LogP contribution in [0.25, 0.3) is 0 Å². The molecule has 0 bridgehead atoms. The molecule has 8 heteroatoms. The molecule has 0 aliphatic heterocycles. The molecule has 0 aromatic heterocycles. The van der Waals surface area contributed by atoms with Crippen LogP contribution in [0.3, 0.4) is 0 Å². The predicted octanol–water partition coefficient (Wildman–Crippen LogP) is 0.433. The van der Waals surface area contributed by atoms with Gasteiger partial charge in [-0.2, -0.15) is 0 Å². The van der Waals surface area contributed by atoms with Crippen molar-refractivity contribution in [2.45, 2.75) is 13.3 Å². The average Bonchev–Trinajstić information content (AvgIpc) is 2.41. The third-order valence-electron chi connectivity index (χ3n) is 2.44. The molecule has 0 atom stereocenters. The number of nitrogens with one attached hydrogen (secondary N) is 2. The summed E-state index contributed by atoms with van der Waals surface area (Å²) in [6.07, 6.45) is 0.778. The summed E-state index contributed by atoms with van der Waals surface area (Å²) < 4.78 is 0. The third-order valence-corrected chi connectivity index (χ3v) is 2.44. The number of nitrogen functional groups attached to an aromatic ring is 1. The molecule has 1 aromatic carbocycles. The first-order chi connectivity index (χ1) is 9.45. The molecule has 0 aliphatic carbocycles. The van der Waals surface area contributed by atoms with Gasteiger partial charge in [0.15, 0.2) is 0 Å². The zero-order valence-corrected chi connectivity index (χ0v) is 11.0. The first-order valence-electron chi connectivity index (χ1n) is 6.04. The molecular formula is C12H16N4O4. The number of nitro groups is 1. The summed E-state index contributed by atoms with van der Waals surface area (Å²) in [6, 6.07) is 3.70. The number of hydrogen-bond donors (Lipinski definition) is 3. The van der Waals surface area contributed by atoms with E-state index in [0.717, 1.165) is 12.5 Å². The van der Waals surface area contributed by atoms with Crippen molar-refractivity contribution >= 4 is 23.2 Å². The van der Waals surface area contributed by atoms with Crippen molar-refractivity contribution in [1.29, 1.82) is 0 Å². The Morgan fingerprint density at radius 2 is 2.05 bits per heavy atom. The first-order valence-corrected chi connectivity index (χ1v) is 6.04. The summed E-state index contributed by atoms with van der Waals surface area (Å²) in [4.78, 5) is 33.3. The molecule has 0 fully saturated rings. The van der Waals surface area contributed by atoms with Gasteiger partial charge >= 0.3 is 0 Å². The standard InChI is InChI=1S/C12H16N4O4/c1-2-5-14-11(17)7-15-12(18)9-6-8(13)3-4-10(9)16(19)20/h3-4,6H,2,5,7,13H2,1H3,(H,14,17)(H,15,18). The zero-order valence-electron chi connectivity index (χ0n) is 11.0. The minimum Gasteiger partial charge on any atom is -0.399 e. The number of anilines is 1. The topological polar surface area (TPSA) is 127 Å². The quantitative estimate of drug-likeness (QED) is 0.395. The lowest BCUT2D eigenvalue weighted by molar-refractivity contribution is -0.385. The van der Waals surface area contributed by atoms with Crippen LogP contribution in [0.4, 0.5) is 11.4 Å². The van der Waals surface area contributed by atoms with E-state index in [1.165, 1.54) is 12.1 Å². The van der Waals surface area contributed by atoms with Crippen molar-refractivity contribution in [2.24, 2.45) is 0 Å². The maximum absolute atomic E-state index is 11.8. The summed E-state index contributed by atoms with van der Waals surface area (Å²) in [5.74, 6) is -1.07. The number of nitro benzene ring substituents is 1. The first kappa shape index (κ1) is 15.4. The number of nitrogens with two attached hydrogens (primary N) is 1. The summed E-state index contributed by atoms with van der Waals surface area (Å²) in [5, 5.41) is 15.7.